The molecule has 0 aromatic heterocycles. The van der Waals surface area contributed by atoms with Gasteiger partial charge in [0.1, 0.15) is 5.54 Å². The lowest BCUT2D eigenvalue weighted by atomic mass is 10.0. The van der Waals surface area contributed by atoms with Crippen molar-refractivity contribution in [3.8, 4) is 6.07 Å². The van der Waals surface area contributed by atoms with Crippen molar-refractivity contribution in [3.05, 3.63) is 29.8 Å². The number of rotatable bonds is 7. The fourth-order valence-corrected chi connectivity index (χ4v) is 2.87. The first-order valence-corrected chi connectivity index (χ1v) is 7.44. The molecule has 0 radical (unpaired) electrons. The van der Waals surface area contributed by atoms with Gasteiger partial charge in [-0.25, -0.2) is 0 Å². The van der Waals surface area contributed by atoms with Gasteiger partial charge in [-0.1, -0.05) is 25.1 Å². The van der Waals surface area contributed by atoms with Crippen molar-refractivity contribution in [2.45, 2.75) is 44.0 Å². The molecule has 98 valence electrons. The quantitative estimate of drug-likeness (QED) is 0.760. The summed E-state index contributed by atoms with van der Waals surface area (Å²) in [5.41, 5.74) is 0.911. The summed E-state index contributed by atoms with van der Waals surface area (Å²) >= 11 is 1.83. The molecule has 0 fully saturated rings. The highest BCUT2D eigenvalue weighted by Gasteiger charge is 2.21. The van der Waals surface area contributed by atoms with Crippen molar-refractivity contribution in [1.82, 2.24) is 5.32 Å². The second kappa shape index (κ2) is 7.45. The molecule has 0 amide bonds. The number of hydrogen-bond donors (Lipinski definition) is 1. The first-order chi connectivity index (χ1) is 8.61. The lowest BCUT2D eigenvalue weighted by molar-refractivity contribution is 0.437. The van der Waals surface area contributed by atoms with Crippen LogP contribution in [0.15, 0.2) is 29.2 Å². The van der Waals surface area contributed by atoms with Crippen molar-refractivity contribution in [2.75, 3.05) is 12.3 Å². The zero-order valence-electron chi connectivity index (χ0n) is 11.5. The van der Waals surface area contributed by atoms with Crippen LogP contribution in [0, 0.1) is 18.3 Å². The molecule has 1 rings (SSSR count). The zero-order chi connectivity index (χ0) is 13.4. The van der Waals surface area contributed by atoms with Gasteiger partial charge >= 0.3 is 0 Å². The standard InChI is InChI=1S/C15H22N2S/c1-4-10-17-15(3,12-16)9-11-18-14-8-6-5-7-13(14)2/h5-8,17H,4,9-11H2,1-3H3. The Balaban J connectivity index is 2.45. The molecule has 2 nitrogen and oxygen atoms in total. The first-order valence-electron chi connectivity index (χ1n) is 6.46. The van der Waals surface area contributed by atoms with Crippen LogP contribution in [0.2, 0.25) is 0 Å². The van der Waals surface area contributed by atoms with Crippen molar-refractivity contribution in [1.29, 1.82) is 5.26 Å². The van der Waals surface area contributed by atoms with Gasteiger partial charge in [0.2, 0.25) is 0 Å². The van der Waals surface area contributed by atoms with E-state index in [1.54, 1.807) is 0 Å². The summed E-state index contributed by atoms with van der Waals surface area (Å²) in [6, 6.07) is 10.8. The molecular weight excluding hydrogens is 240 g/mol. The van der Waals surface area contributed by atoms with Gasteiger partial charge in [-0.15, -0.1) is 11.8 Å². The molecule has 0 spiro atoms. The smallest absolute Gasteiger partial charge is 0.104 e. The summed E-state index contributed by atoms with van der Waals surface area (Å²) in [5, 5.41) is 12.6. The van der Waals surface area contributed by atoms with Crippen LogP contribution in [-0.2, 0) is 0 Å². The fourth-order valence-electron chi connectivity index (χ4n) is 1.67. The summed E-state index contributed by atoms with van der Waals surface area (Å²) in [6.07, 6.45) is 1.92. The molecule has 0 saturated carbocycles. The lowest BCUT2D eigenvalue weighted by Gasteiger charge is -2.22. The number of nitrogens with one attached hydrogen (secondary N) is 1. The summed E-state index contributed by atoms with van der Waals surface area (Å²) < 4.78 is 0. The second-order valence-corrected chi connectivity index (χ2v) is 5.87. The SMILES string of the molecule is CCCNC(C)(C#N)CCSc1ccccc1C. The monoisotopic (exact) mass is 262 g/mol. The number of nitrogens with zero attached hydrogens (tertiary/aromatic N) is 1. The van der Waals surface area contributed by atoms with Gasteiger partial charge in [0.15, 0.2) is 0 Å². The van der Waals surface area contributed by atoms with Crippen molar-refractivity contribution >= 4 is 11.8 Å². The van der Waals surface area contributed by atoms with Gasteiger partial charge in [-0.05, 0) is 44.9 Å². The van der Waals surface area contributed by atoms with Crippen LogP contribution in [0.5, 0.6) is 0 Å². The van der Waals surface area contributed by atoms with Crippen molar-refractivity contribution in [2.24, 2.45) is 0 Å². The van der Waals surface area contributed by atoms with Crippen molar-refractivity contribution < 1.29 is 0 Å². The Morgan fingerprint density at radius 2 is 2.11 bits per heavy atom. The van der Waals surface area contributed by atoms with E-state index in [1.807, 2.05) is 18.7 Å². The largest absolute Gasteiger partial charge is 0.300 e. The van der Waals surface area contributed by atoms with E-state index in [9.17, 15) is 5.26 Å². The van der Waals surface area contributed by atoms with E-state index in [2.05, 4.69) is 49.5 Å². The topological polar surface area (TPSA) is 35.8 Å². The Morgan fingerprint density at radius 1 is 1.39 bits per heavy atom. The van der Waals surface area contributed by atoms with Gasteiger partial charge in [0.05, 0.1) is 6.07 Å². The lowest BCUT2D eigenvalue weighted by Crippen LogP contribution is -2.41. The predicted octanol–water partition coefficient (Wildman–Crippen LogP) is 3.76. The molecule has 1 unspecified atom stereocenters. The normalized spacial score (nSPS) is 13.9. The molecule has 0 aliphatic heterocycles. The number of nitriles is 1. The maximum atomic E-state index is 9.24. The van der Waals surface area contributed by atoms with E-state index >= 15 is 0 Å². The molecular formula is C15H22N2S. The molecule has 0 heterocycles. The van der Waals surface area contributed by atoms with E-state index in [-0.39, 0.29) is 0 Å². The summed E-state index contributed by atoms with van der Waals surface area (Å²) in [4.78, 5) is 1.31. The first kappa shape index (κ1) is 15.1. The summed E-state index contributed by atoms with van der Waals surface area (Å²) in [5.74, 6) is 0.964. The third-order valence-corrected chi connectivity index (χ3v) is 4.14. The molecule has 1 aromatic carbocycles. The van der Waals surface area contributed by atoms with Gasteiger partial charge in [0, 0.05) is 10.6 Å². The number of benzene rings is 1. The van der Waals surface area contributed by atoms with E-state index in [0.29, 0.717) is 0 Å². The van der Waals surface area contributed by atoms with E-state index in [4.69, 9.17) is 0 Å². The van der Waals surface area contributed by atoms with Crippen LogP contribution >= 0.6 is 11.8 Å². The highest BCUT2D eigenvalue weighted by Crippen LogP contribution is 2.24. The number of thioether (sulfide) groups is 1. The van der Waals surface area contributed by atoms with Crippen LogP contribution in [0.1, 0.15) is 32.3 Å². The van der Waals surface area contributed by atoms with Gasteiger partial charge < -0.3 is 0 Å². The Kier molecular flexibility index (Phi) is 6.24. The molecule has 0 aliphatic rings. The van der Waals surface area contributed by atoms with E-state index in [1.165, 1.54) is 10.5 Å². The molecule has 1 N–H and O–H groups in total. The molecule has 0 aliphatic carbocycles. The Labute approximate surface area is 115 Å². The number of aryl methyl sites for hydroxylation is 1. The Bertz CT molecular complexity index is 411. The minimum Gasteiger partial charge on any atom is -0.300 e. The average Bonchev–Trinajstić information content (AvgIpc) is 2.39. The minimum atomic E-state index is -0.397. The highest BCUT2D eigenvalue weighted by molar-refractivity contribution is 7.99. The van der Waals surface area contributed by atoms with Crippen LogP contribution in [0.25, 0.3) is 0 Å². The second-order valence-electron chi connectivity index (χ2n) is 4.73. The third kappa shape index (κ3) is 4.72. The maximum absolute atomic E-state index is 9.24. The van der Waals surface area contributed by atoms with Crippen LogP contribution in [0.3, 0.4) is 0 Å². The Morgan fingerprint density at radius 3 is 2.72 bits per heavy atom. The van der Waals surface area contributed by atoms with Crippen molar-refractivity contribution in [3.63, 3.8) is 0 Å². The van der Waals surface area contributed by atoms with Crippen LogP contribution in [0.4, 0.5) is 0 Å². The molecule has 18 heavy (non-hydrogen) atoms. The van der Waals surface area contributed by atoms with Crippen LogP contribution in [-0.4, -0.2) is 17.8 Å². The van der Waals surface area contributed by atoms with Crippen LogP contribution < -0.4 is 5.32 Å². The molecule has 0 bridgehead atoms. The number of hydrogen-bond acceptors (Lipinski definition) is 3. The fraction of sp³-hybridized carbons (Fsp3) is 0.533. The molecule has 3 heteroatoms. The van der Waals surface area contributed by atoms with Gasteiger partial charge in [-0.3, -0.25) is 5.32 Å². The minimum absolute atomic E-state index is 0.397. The summed E-state index contributed by atoms with van der Waals surface area (Å²) in [6.45, 7) is 7.13. The third-order valence-electron chi connectivity index (χ3n) is 2.97. The highest BCUT2D eigenvalue weighted by atomic mass is 32.2. The maximum Gasteiger partial charge on any atom is 0.104 e. The van der Waals surface area contributed by atoms with E-state index in [0.717, 1.165) is 25.1 Å². The van der Waals surface area contributed by atoms with Gasteiger partial charge in [-0.2, -0.15) is 5.26 Å². The molecule has 1 atom stereocenters. The average molecular weight is 262 g/mol. The zero-order valence-corrected chi connectivity index (χ0v) is 12.3. The predicted molar refractivity (Wildman–Crippen MR) is 78.8 cm³/mol. The Hall–Kier alpha value is -0.980. The van der Waals surface area contributed by atoms with E-state index < -0.39 is 5.54 Å². The molecule has 1 aromatic rings. The van der Waals surface area contributed by atoms with Gasteiger partial charge in [0.25, 0.3) is 0 Å². The summed E-state index contributed by atoms with van der Waals surface area (Å²) in [7, 11) is 0. The molecule has 0 saturated heterocycles.